The third-order valence-electron chi connectivity index (χ3n) is 9.95. The lowest BCUT2D eigenvalue weighted by atomic mass is 10.1. The molecule has 0 aromatic rings. The van der Waals surface area contributed by atoms with Crippen LogP contribution in [0.3, 0.4) is 0 Å². The number of allylic oxidation sites excluding steroid dienone is 4. The molecule has 1 unspecified atom stereocenters. The van der Waals surface area contributed by atoms with Crippen LogP contribution in [0.5, 0.6) is 0 Å². The molecule has 0 aliphatic heterocycles. The molecule has 0 radical (unpaired) electrons. The summed E-state index contributed by atoms with van der Waals surface area (Å²) in [5, 5.41) is 0. The Morgan fingerprint density at radius 3 is 1.32 bits per heavy atom. The summed E-state index contributed by atoms with van der Waals surface area (Å²) in [7, 11) is 1.47. The summed E-state index contributed by atoms with van der Waals surface area (Å²) in [6.45, 7) is 4.41. The molecule has 0 aromatic carbocycles. The van der Waals surface area contributed by atoms with Gasteiger partial charge in [-0.3, -0.25) is 18.6 Å². The minimum atomic E-state index is -4.38. The number of nitrogens with zero attached hydrogens (tertiary/aromatic N) is 1. The first kappa shape index (κ1) is 54.5. The van der Waals surface area contributed by atoms with Crippen molar-refractivity contribution in [2.24, 2.45) is 0 Å². The van der Waals surface area contributed by atoms with Gasteiger partial charge in [0.05, 0.1) is 27.7 Å². The quantitative estimate of drug-likeness (QED) is 0.0213. The zero-order chi connectivity index (χ0) is 41.4. The van der Waals surface area contributed by atoms with Gasteiger partial charge < -0.3 is 18.9 Å². The fourth-order valence-corrected chi connectivity index (χ4v) is 7.04. The third kappa shape index (κ3) is 42.1. The third-order valence-corrected chi connectivity index (χ3v) is 10.9. The second-order valence-electron chi connectivity index (χ2n) is 16.8. The molecule has 0 bridgehead atoms. The lowest BCUT2D eigenvalue weighted by Gasteiger charge is -2.24. The van der Waals surface area contributed by atoms with Gasteiger partial charge >= 0.3 is 19.8 Å². The number of quaternary nitrogens is 1. The van der Waals surface area contributed by atoms with Gasteiger partial charge in [-0.05, 0) is 64.2 Å². The van der Waals surface area contributed by atoms with Crippen LogP contribution in [0.4, 0.5) is 0 Å². The number of unbranched alkanes of at least 4 members (excludes halogenated alkanes) is 24. The molecule has 0 aromatic heterocycles. The van der Waals surface area contributed by atoms with Crippen LogP contribution >= 0.6 is 7.82 Å². The zero-order valence-corrected chi connectivity index (χ0v) is 38.0. The Kier molecular flexibility index (Phi) is 37.9. The number of likely N-dealkylation sites (N-methyl/N-ethyl adjacent to an activating group) is 1. The van der Waals surface area contributed by atoms with Gasteiger partial charge in [0.2, 0.25) is 0 Å². The van der Waals surface area contributed by atoms with E-state index in [9.17, 15) is 19.0 Å². The first-order chi connectivity index (χ1) is 27.0. The van der Waals surface area contributed by atoms with Crippen LogP contribution < -0.4 is 0 Å². The van der Waals surface area contributed by atoms with Gasteiger partial charge in [0, 0.05) is 12.8 Å². The van der Waals surface area contributed by atoms with Crippen molar-refractivity contribution in [1.29, 1.82) is 0 Å². The molecule has 330 valence electrons. The fourth-order valence-electron chi connectivity index (χ4n) is 6.30. The van der Waals surface area contributed by atoms with E-state index in [2.05, 4.69) is 38.2 Å². The van der Waals surface area contributed by atoms with Crippen LogP contribution in [0.15, 0.2) is 24.3 Å². The van der Waals surface area contributed by atoms with E-state index in [0.717, 1.165) is 70.6 Å². The lowest BCUT2D eigenvalue weighted by Crippen LogP contribution is -2.37. The maximum Gasteiger partial charge on any atom is 0.472 e. The number of ether oxygens (including phenoxy) is 2. The molecule has 0 saturated heterocycles. The van der Waals surface area contributed by atoms with Gasteiger partial charge in [0.1, 0.15) is 19.8 Å². The molecule has 0 saturated carbocycles. The van der Waals surface area contributed by atoms with Crippen LogP contribution in [-0.2, 0) is 32.7 Å². The van der Waals surface area contributed by atoms with Crippen molar-refractivity contribution in [3.63, 3.8) is 0 Å². The fraction of sp³-hybridized carbons (Fsp3) is 0.870. The summed E-state index contributed by atoms with van der Waals surface area (Å²) in [6.07, 6.45) is 42.2. The van der Waals surface area contributed by atoms with E-state index in [0.29, 0.717) is 17.4 Å². The maximum absolute atomic E-state index is 12.7. The number of hydrogen-bond donors (Lipinski definition) is 1. The number of esters is 2. The Morgan fingerprint density at radius 2 is 0.911 bits per heavy atom. The SMILES string of the molecule is CCCCCCCCC/C=C\CCCCCCCC(=O)OC[C@H](COP(=O)(O)OCC[N+](C)(C)C)OC(=O)CCCCCCC/C=C\CCCCCCCCC. The molecule has 0 fully saturated rings. The summed E-state index contributed by atoms with van der Waals surface area (Å²) in [5.74, 6) is -0.812. The highest BCUT2D eigenvalue weighted by molar-refractivity contribution is 7.47. The maximum atomic E-state index is 12.7. The topological polar surface area (TPSA) is 108 Å². The van der Waals surface area contributed by atoms with Crippen molar-refractivity contribution in [1.82, 2.24) is 0 Å². The van der Waals surface area contributed by atoms with E-state index in [1.165, 1.54) is 103 Å². The summed E-state index contributed by atoms with van der Waals surface area (Å²) in [4.78, 5) is 35.4. The molecule has 0 rings (SSSR count). The molecular formula is C46H89NO8P+. The molecular weight excluding hydrogens is 725 g/mol. The molecule has 10 heteroatoms. The zero-order valence-electron chi connectivity index (χ0n) is 37.1. The molecule has 0 amide bonds. The van der Waals surface area contributed by atoms with Gasteiger partial charge in [0.15, 0.2) is 6.10 Å². The Balaban J connectivity index is 4.35. The number of phosphoric acid groups is 1. The molecule has 0 spiro atoms. The van der Waals surface area contributed by atoms with E-state index in [-0.39, 0.29) is 32.0 Å². The highest BCUT2D eigenvalue weighted by Gasteiger charge is 2.27. The van der Waals surface area contributed by atoms with Crippen molar-refractivity contribution in [3.8, 4) is 0 Å². The molecule has 0 aliphatic rings. The van der Waals surface area contributed by atoms with Crippen LogP contribution in [0.1, 0.15) is 206 Å². The predicted molar refractivity (Wildman–Crippen MR) is 234 cm³/mol. The number of carbonyl (C=O) groups is 2. The predicted octanol–water partition coefficient (Wildman–Crippen LogP) is 13.1. The van der Waals surface area contributed by atoms with Gasteiger partial charge in [-0.15, -0.1) is 0 Å². The second-order valence-corrected chi connectivity index (χ2v) is 18.2. The summed E-state index contributed by atoms with van der Waals surface area (Å²) in [6, 6.07) is 0. The number of carbonyl (C=O) groups excluding carboxylic acids is 2. The molecule has 0 heterocycles. The number of hydrogen-bond acceptors (Lipinski definition) is 7. The van der Waals surface area contributed by atoms with Gasteiger partial charge in [-0.1, -0.05) is 154 Å². The van der Waals surface area contributed by atoms with Crippen LogP contribution in [0.2, 0.25) is 0 Å². The molecule has 0 aliphatic carbocycles. The van der Waals surface area contributed by atoms with Crippen molar-refractivity contribution in [3.05, 3.63) is 24.3 Å². The monoisotopic (exact) mass is 815 g/mol. The lowest BCUT2D eigenvalue weighted by molar-refractivity contribution is -0.870. The highest BCUT2D eigenvalue weighted by Crippen LogP contribution is 2.43. The minimum Gasteiger partial charge on any atom is -0.462 e. The number of rotatable bonds is 42. The van der Waals surface area contributed by atoms with Crippen LogP contribution in [0.25, 0.3) is 0 Å². The first-order valence-corrected chi connectivity index (χ1v) is 24.6. The van der Waals surface area contributed by atoms with Gasteiger partial charge in [-0.2, -0.15) is 0 Å². The highest BCUT2D eigenvalue weighted by atomic mass is 31.2. The van der Waals surface area contributed by atoms with Crippen molar-refractivity contribution in [2.45, 2.75) is 213 Å². The van der Waals surface area contributed by atoms with Crippen molar-refractivity contribution in [2.75, 3.05) is 47.5 Å². The Labute approximate surface area is 345 Å². The van der Waals surface area contributed by atoms with E-state index >= 15 is 0 Å². The summed E-state index contributed by atoms with van der Waals surface area (Å²) >= 11 is 0. The average Bonchev–Trinajstić information content (AvgIpc) is 3.15. The van der Waals surface area contributed by atoms with Gasteiger partial charge in [0.25, 0.3) is 0 Å². The summed E-state index contributed by atoms with van der Waals surface area (Å²) < 4.78 is 34.3. The van der Waals surface area contributed by atoms with Crippen molar-refractivity contribution >= 4 is 19.8 Å². The van der Waals surface area contributed by atoms with E-state index in [1.54, 1.807) is 0 Å². The smallest absolute Gasteiger partial charge is 0.462 e. The minimum absolute atomic E-state index is 0.0300. The second kappa shape index (κ2) is 39.0. The van der Waals surface area contributed by atoms with Crippen LogP contribution in [-0.4, -0.2) is 74.9 Å². The Morgan fingerprint density at radius 1 is 0.536 bits per heavy atom. The van der Waals surface area contributed by atoms with E-state index < -0.39 is 26.5 Å². The molecule has 1 N–H and O–H groups in total. The largest absolute Gasteiger partial charge is 0.472 e. The Bertz CT molecular complexity index is 1010. The first-order valence-electron chi connectivity index (χ1n) is 23.1. The summed E-state index contributed by atoms with van der Waals surface area (Å²) in [5.41, 5.74) is 0. The van der Waals surface area contributed by atoms with Crippen molar-refractivity contribution < 1.29 is 42.1 Å². The van der Waals surface area contributed by atoms with Gasteiger partial charge in [-0.25, -0.2) is 4.57 Å². The molecule has 56 heavy (non-hydrogen) atoms. The van der Waals surface area contributed by atoms with E-state index in [1.807, 2.05) is 21.1 Å². The normalized spacial score (nSPS) is 13.8. The van der Waals surface area contributed by atoms with Crippen LogP contribution in [0, 0.1) is 0 Å². The average molecular weight is 815 g/mol. The Hall–Kier alpha value is -1.51. The standard InChI is InChI=1S/C46H88NO8P/c1-6-8-10-12-14-16-18-20-22-24-26-28-30-32-34-36-38-45(48)52-42-44(43-54-56(50,51)53-41-40-47(3,4)5)55-46(49)39-37-35-33-31-29-27-25-23-21-19-17-15-13-11-9-7-2/h22-25,44H,6-21,26-43H2,1-5H3/p+1/b24-22-,25-23-/t44-/m1/s1. The molecule has 9 nitrogen and oxygen atoms in total. The molecule has 2 atom stereocenters. The number of phosphoric ester groups is 1. The van der Waals surface area contributed by atoms with E-state index in [4.69, 9.17) is 18.5 Å².